The summed E-state index contributed by atoms with van der Waals surface area (Å²) in [4.78, 5) is 15.0. The summed E-state index contributed by atoms with van der Waals surface area (Å²) < 4.78 is 5.80. The zero-order valence-corrected chi connectivity index (χ0v) is 13.9. The second kappa shape index (κ2) is 6.32. The van der Waals surface area contributed by atoms with Gasteiger partial charge in [0.25, 0.3) is 5.91 Å². The van der Waals surface area contributed by atoms with Crippen LogP contribution in [0.2, 0.25) is 0 Å². The fourth-order valence-corrected chi connectivity index (χ4v) is 3.81. The van der Waals surface area contributed by atoms with E-state index in [1.807, 2.05) is 37.4 Å². The number of carbonyl (C=O) groups is 1. The third kappa shape index (κ3) is 2.91. The maximum atomic E-state index is 12.5. The van der Waals surface area contributed by atoms with E-state index in [0.29, 0.717) is 17.4 Å². The van der Waals surface area contributed by atoms with E-state index in [0.717, 1.165) is 17.8 Å². The molecule has 1 aromatic heterocycles. The van der Waals surface area contributed by atoms with Crippen molar-refractivity contribution in [2.75, 3.05) is 32.0 Å². The van der Waals surface area contributed by atoms with Crippen molar-refractivity contribution in [1.29, 1.82) is 0 Å². The number of hydrogen-bond donors (Lipinski definition) is 2. The van der Waals surface area contributed by atoms with Crippen LogP contribution in [0.1, 0.15) is 23.4 Å². The summed E-state index contributed by atoms with van der Waals surface area (Å²) in [6.45, 7) is 3.31. The van der Waals surface area contributed by atoms with Crippen molar-refractivity contribution in [3.05, 3.63) is 42.2 Å². The Labute approximate surface area is 142 Å². The van der Waals surface area contributed by atoms with Crippen LogP contribution >= 0.6 is 0 Å². The highest BCUT2D eigenvalue weighted by atomic mass is 16.3. The lowest BCUT2D eigenvalue weighted by Crippen LogP contribution is -2.57. The van der Waals surface area contributed by atoms with Gasteiger partial charge < -0.3 is 20.0 Å². The van der Waals surface area contributed by atoms with Gasteiger partial charge in [0.05, 0.1) is 0 Å². The quantitative estimate of drug-likeness (QED) is 0.907. The number of fused-ring (bicyclic) bond motifs is 3. The maximum absolute atomic E-state index is 12.5. The van der Waals surface area contributed by atoms with Gasteiger partial charge in [0.2, 0.25) is 0 Å². The van der Waals surface area contributed by atoms with Crippen molar-refractivity contribution in [3.8, 4) is 11.3 Å². The van der Waals surface area contributed by atoms with Gasteiger partial charge in [-0.3, -0.25) is 4.79 Å². The van der Waals surface area contributed by atoms with Gasteiger partial charge in [-0.2, -0.15) is 0 Å². The monoisotopic (exact) mass is 325 g/mol. The van der Waals surface area contributed by atoms with Crippen molar-refractivity contribution in [2.45, 2.75) is 18.9 Å². The molecule has 3 aliphatic rings. The van der Waals surface area contributed by atoms with Crippen molar-refractivity contribution in [3.63, 3.8) is 0 Å². The zero-order valence-electron chi connectivity index (χ0n) is 13.9. The van der Waals surface area contributed by atoms with Crippen molar-refractivity contribution >= 4 is 11.6 Å². The lowest BCUT2D eigenvalue weighted by Gasteiger charge is -2.44. The largest absolute Gasteiger partial charge is 0.451 e. The number of amides is 1. The van der Waals surface area contributed by atoms with Crippen molar-refractivity contribution in [2.24, 2.45) is 5.92 Å². The molecule has 1 atom stereocenters. The molecular formula is C19H23N3O2. The van der Waals surface area contributed by atoms with Gasteiger partial charge in [0.1, 0.15) is 5.76 Å². The first kappa shape index (κ1) is 15.3. The number of piperidine rings is 3. The fraction of sp³-hybridized carbons (Fsp3) is 0.421. The molecule has 4 heterocycles. The Morgan fingerprint density at radius 3 is 2.75 bits per heavy atom. The Hall–Kier alpha value is -2.27. The van der Waals surface area contributed by atoms with E-state index < -0.39 is 0 Å². The van der Waals surface area contributed by atoms with Crippen LogP contribution < -0.4 is 10.6 Å². The fourth-order valence-electron chi connectivity index (χ4n) is 3.81. The minimum atomic E-state index is -0.107. The van der Waals surface area contributed by atoms with E-state index in [9.17, 15) is 4.79 Å². The van der Waals surface area contributed by atoms with Crippen LogP contribution in [-0.4, -0.2) is 43.5 Å². The summed E-state index contributed by atoms with van der Waals surface area (Å²) in [5.74, 6) is 1.60. The highest BCUT2D eigenvalue weighted by Crippen LogP contribution is 2.28. The van der Waals surface area contributed by atoms with Gasteiger partial charge in [-0.05, 0) is 56.1 Å². The summed E-state index contributed by atoms with van der Waals surface area (Å²) in [6.07, 6.45) is 2.37. The molecule has 0 aliphatic carbocycles. The van der Waals surface area contributed by atoms with Gasteiger partial charge in [-0.25, -0.2) is 0 Å². The second-order valence-corrected chi connectivity index (χ2v) is 6.71. The van der Waals surface area contributed by atoms with Crippen LogP contribution in [0.4, 0.5) is 5.69 Å². The van der Waals surface area contributed by atoms with Crippen LogP contribution in [0, 0.1) is 5.92 Å². The maximum Gasteiger partial charge on any atom is 0.287 e. The van der Waals surface area contributed by atoms with E-state index >= 15 is 0 Å². The molecule has 5 rings (SSSR count). The topological polar surface area (TPSA) is 57.5 Å². The molecule has 0 saturated carbocycles. The Morgan fingerprint density at radius 2 is 2.04 bits per heavy atom. The van der Waals surface area contributed by atoms with Gasteiger partial charge in [0.15, 0.2) is 5.76 Å². The Bertz CT molecular complexity index is 732. The molecule has 24 heavy (non-hydrogen) atoms. The minimum Gasteiger partial charge on any atom is -0.451 e. The number of furan rings is 1. The summed E-state index contributed by atoms with van der Waals surface area (Å²) >= 11 is 0. The zero-order chi connectivity index (χ0) is 16.5. The number of nitrogens with zero attached hydrogens (tertiary/aromatic N) is 1. The molecule has 1 unspecified atom stereocenters. The Morgan fingerprint density at radius 1 is 1.21 bits per heavy atom. The number of hydrogen-bond acceptors (Lipinski definition) is 4. The average Bonchev–Trinajstić information content (AvgIpc) is 3.13. The van der Waals surface area contributed by atoms with Crippen molar-refractivity contribution < 1.29 is 9.21 Å². The van der Waals surface area contributed by atoms with E-state index in [4.69, 9.17) is 4.42 Å². The number of carbonyl (C=O) groups excluding carboxylic acids is 1. The van der Waals surface area contributed by atoms with E-state index in [1.165, 1.54) is 25.9 Å². The Balaban J connectivity index is 1.47. The summed E-state index contributed by atoms with van der Waals surface area (Å²) in [6, 6.07) is 11.8. The summed E-state index contributed by atoms with van der Waals surface area (Å²) in [5.41, 5.74) is 1.98. The molecule has 5 nitrogen and oxygen atoms in total. The second-order valence-electron chi connectivity index (χ2n) is 6.71. The molecule has 3 aliphatic heterocycles. The molecule has 3 saturated heterocycles. The molecule has 0 spiro atoms. The molecule has 0 radical (unpaired) electrons. The van der Waals surface area contributed by atoms with Gasteiger partial charge in [-0.1, -0.05) is 12.1 Å². The predicted molar refractivity (Wildman–Crippen MR) is 94.1 cm³/mol. The van der Waals surface area contributed by atoms with Crippen LogP contribution in [0.25, 0.3) is 11.3 Å². The first-order valence-electron chi connectivity index (χ1n) is 8.64. The summed E-state index contributed by atoms with van der Waals surface area (Å²) in [7, 11) is 1.88. The highest BCUT2D eigenvalue weighted by molar-refractivity contribution is 5.92. The number of anilines is 1. The van der Waals surface area contributed by atoms with Crippen LogP contribution in [0.15, 0.2) is 40.8 Å². The van der Waals surface area contributed by atoms with Crippen LogP contribution in [0.3, 0.4) is 0 Å². The highest BCUT2D eigenvalue weighted by Gasteiger charge is 2.35. The van der Waals surface area contributed by atoms with Gasteiger partial charge in [0, 0.05) is 30.9 Å². The molecule has 1 amide bonds. The third-order valence-corrected chi connectivity index (χ3v) is 5.24. The SMILES string of the molecule is CNc1cccc(-c2ccc(C(=O)NC3CN4CCC3CC4)o2)c1. The minimum absolute atomic E-state index is 0.107. The molecule has 2 bridgehead atoms. The smallest absolute Gasteiger partial charge is 0.287 e. The number of benzene rings is 1. The van der Waals surface area contributed by atoms with Crippen LogP contribution in [0.5, 0.6) is 0 Å². The van der Waals surface area contributed by atoms with E-state index in [-0.39, 0.29) is 11.9 Å². The lowest BCUT2D eigenvalue weighted by molar-refractivity contribution is 0.0606. The third-order valence-electron chi connectivity index (χ3n) is 5.24. The Kier molecular flexibility index (Phi) is 4.02. The van der Waals surface area contributed by atoms with Gasteiger partial charge >= 0.3 is 0 Å². The molecule has 2 N–H and O–H groups in total. The standard InChI is InChI=1S/C19H23N3O2/c1-20-15-4-2-3-14(11-15)17-5-6-18(24-17)19(23)21-16-12-22-9-7-13(16)8-10-22/h2-6,11,13,16,20H,7-10,12H2,1H3,(H,21,23). The summed E-state index contributed by atoms with van der Waals surface area (Å²) in [5, 5.41) is 6.28. The average molecular weight is 325 g/mol. The van der Waals surface area contributed by atoms with Crippen LogP contribution in [-0.2, 0) is 0 Å². The molecule has 2 aromatic rings. The predicted octanol–water partition coefficient (Wildman–Crippen LogP) is 2.81. The van der Waals surface area contributed by atoms with Crippen molar-refractivity contribution in [1.82, 2.24) is 10.2 Å². The number of nitrogens with one attached hydrogen (secondary N) is 2. The van der Waals surface area contributed by atoms with E-state index in [1.54, 1.807) is 6.07 Å². The molecule has 1 aromatic carbocycles. The molecule has 126 valence electrons. The normalized spacial score (nSPS) is 25.5. The molecule has 3 fully saturated rings. The lowest BCUT2D eigenvalue weighted by atomic mass is 9.84. The van der Waals surface area contributed by atoms with Gasteiger partial charge in [-0.15, -0.1) is 0 Å². The number of rotatable bonds is 4. The first-order chi connectivity index (χ1) is 11.7. The first-order valence-corrected chi connectivity index (χ1v) is 8.64. The van der Waals surface area contributed by atoms with E-state index in [2.05, 4.69) is 15.5 Å². The molecule has 5 heteroatoms. The molecular weight excluding hydrogens is 302 g/mol.